The van der Waals surface area contributed by atoms with Crippen LogP contribution in [-0.2, 0) is 42.4 Å². The SMILES string of the molecule is O=C(Cn1nnc2ccccc21)N(Cc1cccc(Cl)c1)c1ccc(-c2cn[nH]c2)c(OCc2ccc(Cl)cc2CN(C(=O)Cn2nnc3ccccc32)c2ccc(-c3cn[nH]c3)cc2)c1. The number of carbonyl (C=O) groups is 2. The van der Waals surface area contributed by atoms with Gasteiger partial charge in [0.15, 0.2) is 0 Å². The van der Waals surface area contributed by atoms with E-state index in [1.54, 1.807) is 49.9 Å². The molecule has 0 bridgehead atoms. The molecule has 4 heterocycles. The third-order valence-corrected chi connectivity index (χ3v) is 11.7. The molecule has 0 saturated heterocycles. The van der Waals surface area contributed by atoms with Gasteiger partial charge in [0.25, 0.3) is 0 Å². The van der Waals surface area contributed by atoms with E-state index < -0.39 is 0 Å². The Balaban J connectivity index is 0.979. The van der Waals surface area contributed by atoms with Crippen molar-refractivity contribution in [2.75, 3.05) is 9.80 Å². The standard InChI is InChI=1S/C49H38Cl2N12O3/c50-38-7-5-6-32(20-38)27-60(48(64)29-62-45-10-3-1-8-43(45)56-58-62)41-18-19-42(37-25-54-55-26-37)47(22-41)66-31-34-12-15-39(51)21-35(34)28-61(40-16-13-33(14-17-40)36-23-52-53-24-36)49(65)30-63-46-11-4-2-9-44(46)57-59-63/h1-26H,27-31H2,(H,52,53)(H,54,55). The normalized spacial score (nSPS) is 11.3. The van der Waals surface area contributed by atoms with Gasteiger partial charge in [-0.3, -0.25) is 19.8 Å². The molecule has 2 amide bonds. The van der Waals surface area contributed by atoms with Gasteiger partial charge in [-0.05, 0) is 95.1 Å². The van der Waals surface area contributed by atoms with Gasteiger partial charge in [0.05, 0.1) is 36.5 Å². The Kier molecular flexibility index (Phi) is 11.7. The van der Waals surface area contributed by atoms with E-state index >= 15 is 0 Å². The number of aromatic nitrogens is 10. The fourth-order valence-electron chi connectivity index (χ4n) is 7.85. The third-order valence-electron chi connectivity index (χ3n) is 11.2. The summed E-state index contributed by atoms with van der Waals surface area (Å²) >= 11 is 13.1. The number of H-pyrrole nitrogens is 2. The number of para-hydroxylation sites is 2. The van der Waals surface area contributed by atoms with Crippen LogP contribution in [-0.4, -0.2) is 62.2 Å². The first kappa shape index (κ1) is 41.8. The van der Waals surface area contributed by atoms with Gasteiger partial charge in [-0.1, -0.05) is 88.2 Å². The number of aromatic amines is 2. The zero-order chi connectivity index (χ0) is 45.0. The molecule has 10 rings (SSSR count). The van der Waals surface area contributed by atoms with E-state index in [-0.39, 0.29) is 44.6 Å². The van der Waals surface area contributed by atoms with Gasteiger partial charge in [-0.15, -0.1) is 10.2 Å². The fraction of sp³-hybridized carbons (Fsp3) is 0.102. The summed E-state index contributed by atoms with van der Waals surface area (Å²) in [4.78, 5) is 32.3. The molecule has 10 aromatic rings. The van der Waals surface area contributed by atoms with Crippen LogP contribution in [0.2, 0.25) is 10.0 Å². The highest BCUT2D eigenvalue weighted by atomic mass is 35.5. The Morgan fingerprint density at radius 3 is 1.85 bits per heavy atom. The fourth-order valence-corrected chi connectivity index (χ4v) is 8.25. The summed E-state index contributed by atoms with van der Waals surface area (Å²) in [5.41, 5.74) is 9.88. The molecule has 4 aromatic heterocycles. The van der Waals surface area contributed by atoms with Crippen molar-refractivity contribution < 1.29 is 14.3 Å². The molecule has 66 heavy (non-hydrogen) atoms. The lowest BCUT2D eigenvalue weighted by Gasteiger charge is -2.26. The predicted molar refractivity (Wildman–Crippen MR) is 253 cm³/mol. The maximum Gasteiger partial charge on any atom is 0.249 e. The number of amides is 2. The van der Waals surface area contributed by atoms with Crippen LogP contribution in [0.25, 0.3) is 44.3 Å². The number of ether oxygens (including phenoxy) is 1. The highest BCUT2D eigenvalue weighted by molar-refractivity contribution is 6.31. The molecule has 0 aliphatic rings. The van der Waals surface area contributed by atoms with Crippen molar-refractivity contribution in [3.05, 3.63) is 185 Å². The first-order valence-electron chi connectivity index (χ1n) is 20.9. The molecular weight excluding hydrogens is 876 g/mol. The van der Waals surface area contributed by atoms with Crippen LogP contribution in [0, 0.1) is 0 Å². The van der Waals surface area contributed by atoms with Gasteiger partial charge in [-0.25, -0.2) is 9.36 Å². The molecule has 0 saturated carbocycles. The smallest absolute Gasteiger partial charge is 0.249 e. The minimum absolute atomic E-state index is 0.0607. The number of hydrogen-bond donors (Lipinski definition) is 2. The number of halogens is 2. The summed E-state index contributed by atoms with van der Waals surface area (Å²) in [7, 11) is 0. The zero-order valence-corrected chi connectivity index (χ0v) is 36.5. The van der Waals surface area contributed by atoms with E-state index in [0.29, 0.717) is 38.2 Å². The first-order chi connectivity index (χ1) is 32.3. The van der Waals surface area contributed by atoms with Crippen molar-refractivity contribution >= 4 is 68.5 Å². The van der Waals surface area contributed by atoms with Crippen LogP contribution >= 0.6 is 23.2 Å². The summed E-state index contributed by atoms with van der Waals surface area (Å²) in [5.74, 6) is 0.0478. The Bertz CT molecular complexity index is 3310. The monoisotopic (exact) mass is 912 g/mol. The van der Waals surface area contributed by atoms with Crippen LogP contribution in [0.15, 0.2) is 158 Å². The van der Waals surface area contributed by atoms with Gasteiger partial charge < -0.3 is 14.5 Å². The Morgan fingerprint density at radius 1 is 0.576 bits per heavy atom. The summed E-state index contributed by atoms with van der Waals surface area (Å²) in [6.07, 6.45) is 7.05. The average Bonchev–Trinajstić information content (AvgIpc) is 4.20. The number of benzene rings is 6. The lowest BCUT2D eigenvalue weighted by molar-refractivity contribution is -0.120. The molecule has 0 unspecified atom stereocenters. The van der Waals surface area contributed by atoms with E-state index in [4.69, 9.17) is 27.9 Å². The predicted octanol–water partition coefficient (Wildman–Crippen LogP) is 9.31. The van der Waals surface area contributed by atoms with Gasteiger partial charge in [0.1, 0.15) is 36.5 Å². The van der Waals surface area contributed by atoms with Crippen LogP contribution in [0.4, 0.5) is 11.4 Å². The molecule has 0 radical (unpaired) electrons. The number of rotatable bonds is 15. The number of anilines is 2. The maximum absolute atomic E-state index is 14.5. The number of carbonyl (C=O) groups excluding carboxylic acids is 2. The van der Waals surface area contributed by atoms with Gasteiger partial charge in [-0.2, -0.15) is 10.2 Å². The largest absolute Gasteiger partial charge is 0.488 e. The average molecular weight is 914 g/mol. The second-order valence-corrected chi connectivity index (χ2v) is 16.3. The van der Waals surface area contributed by atoms with Gasteiger partial charge >= 0.3 is 0 Å². The van der Waals surface area contributed by atoms with Crippen molar-refractivity contribution in [1.29, 1.82) is 0 Å². The summed E-state index contributed by atoms with van der Waals surface area (Å²) < 4.78 is 9.96. The molecule has 0 fully saturated rings. The van der Waals surface area contributed by atoms with Crippen LogP contribution in [0.3, 0.4) is 0 Å². The topological polar surface area (TPSA) is 169 Å². The third kappa shape index (κ3) is 8.98. The second kappa shape index (κ2) is 18.5. The van der Waals surface area contributed by atoms with Crippen LogP contribution in [0.5, 0.6) is 5.75 Å². The van der Waals surface area contributed by atoms with E-state index in [9.17, 15) is 9.59 Å². The number of nitrogens with one attached hydrogen (secondary N) is 2. The highest BCUT2D eigenvalue weighted by Crippen LogP contribution is 2.36. The lowest BCUT2D eigenvalue weighted by atomic mass is 10.1. The van der Waals surface area contributed by atoms with Crippen LogP contribution in [0.1, 0.15) is 16.7 Å². The lowest BCUT2D eigenvalue weighted by Crippen LogP contribution is -2.34. The number of nitrogens with zero attached hydrogens (tertiary/aromatic N) is 10. The van der Waals surface area contributed by atoms with Crippen molar-refractivity contribution in [2.24, 2.45) is 0 Å². The minimum atomic E-state index is -0.228. The molecule has 17 heteroatoms. The van der Waals surface area contributed by atoms with E-state index in [1.165, 1.54) is 0 Å². The quantitative estimate of drug-likeness (QED) is 0.102. The molecule has 0 aliphatic heterocycles. The minimum Gasteiger partial charge on any atom is -0.488 e. The van der Waals surface area contributed by atoms with E-state index in [1.807, 2.05) is 128 Å². The number of fused-ring (bicyclic) bond motifs is 2. The van der Waals surface area contributed by atoms with Gasteiger partial charge in [0.2, 0.25) is 11.8 Å². The first-order valence-corrected chi connectivity index (χ1v) is 21.6. The van der Waals surface area contributed by atoms with Crippen molar-refractivity contribution in [3.63, 3.8) is 0 Å². The molecule has 15 nitrogen and oxygen atoms in total. The molecular formula is C49H38Cl2N12O3. The molecule has 2 N–H and O–H groups in total. The van der Waals surface area contributed by atoms with E-state index in [0.717, 1.165) is 50.0 Å². The van der Waals surface area contributed by atoms with Crippen molar-refractivity contribution in [3.8, 4) is 28.0 Å². The second-order valence-electron chi connectivity index (χ2n) is 15.5. The molecule has 0 atom stereocenters. The molecule has 0 aliphatic carbocycles. The molecule has 326 valence electrons. The summed E-state index contributed by atoms with van der Waals surface area (Å²) in [6, 6.07) is 41.3. The van der Waals surface area contributed by atoms with Crippen molar-refractivity contribution in [2.45, 2.75) is 32.8 Å². The Labute approximate surface area is 387 Å². The van der Waals surface area contributed by atoms with E-state index in [2.05, 4.69) is 41.0 Å². The molecule has 6 aromatic carbocycles. The molecule has 0 spiro atoms. The van der Waals surface area contributed by atoms with Crippen LogP contribution < -0.4 is 14.5 Å². The summed E-state index contributed by atoms with van der Waals surface area (Å²) in [5, 5.41) is 32.2. The zero-order valence-electron chi connectivity index (χ0n) is 35.0. The Hall–Kier alpha value is -8.14. The van der Waals surface area contributed by atoms with Crippen molar-refractivity contribution in [1.82, 2.24) is 50.4 Å². The van der Waals surface area contributed by atoms with Gasteiger partial charge in [0, 0.05) is 56.6 Å². The Morgan fingerprint density at radius 2 is 1.20 bits per heavy atom. The maximum atomic E-state index is 14.5. The summed E-state index contributed by atoms with van der Waals surface area (Å²) in [6.45, 7) is 0.333. The number of hydrogen-bond acceptors (Lipinski definition) is 9. The highest BCUT2D eigenvalue weighted by Gasteiger charge is 2.24.